The summed E-state index contributed by atoms with van der Waals surface area (Å²) >= 11 is 2.51. The first kappa shape index (κ1) is 20.6. The van der Waals surface area contributed by atoms with Gasteiger partial charge in [-0.05, 0) is 30.3 Å². The molecule has 0 atom stereocenters. The molecule has 8 nitrogen and oxygen atoms in total. The van der Waals surface area contributed by atoms with Crippen molar-refractivity contribution in [3.63, 3.8) is 0 Å². The van der Waals surface area contributed by atoms with Crippen molar-refractivity contribution >= 4 is 60.5 Å². The van der Waals surface area contributed by atoms with Crippen LogP contribution in [0.1, 0.15) is 20.0 Å². The highest BCUT2D eigenvalue weighted by molar-refractivity contribution is 7.21. The molecule has 0 saturated carbocycles. The largest absolute Gasteiger partial charge is 0.465 e. The van der Waals surface area contributed by atoms with Crippen LogP contribution >= 0.6 is 22.7 Å². The molecule has 0 aliphatic heterocycles. The van der Waals surface area contributed by atoms with Gasteiger partial charge in [-0.1, -0.05) is 17.4 Å². The van der Waals surface area contributed by atoms with Gasteiger partial charge in [-0.25, -0.2) is 4.79 Å². The Hall–Kier alpha value is -3.63. The number of hydrogen-bond donors (Lipinski definition) is 0. The number of methoxy groups -OCH3 is 1. The molecule has 4 aromatic rings. The molecule has 2 aromatic heterocycles. The highest BCUT2D eigenvalue weighted by Crippen LogP contribution is 2.29. The Labute approximate surface area is 183 Å². The second-order valence-corrected chi connectivity index (χ2v) is 8.56. The molecular weight excluding hydrogens is 438 g/mol. The number of allylic oxidation sites excluding steroid dienone is 1. The van der Waals surface area contributed by atoms with Crippen molar-refractivity contribution in [2.75, 3.05) is 7.11 Å². The molecule has 0 radical (unpaired) electrons. The van der Waals surface area contributed by atoms with Crippen molar-refractivity contribution in [3.05, 3.63) is 80.5 Å². The van der Waals surface area contributed by atoms with Crippen LogP contribution in [-0.4, -0.2) is 28.5 Å². The second-order valence-electron chi connectivity index (χ2n) is 6.46. The maximum atomic E-state index is 12.9. The van der Waals surface area contributed by atoms with Crippen LogP contribution in [0, 0.1) is 10.1 Å². The smallest absolute Gasteiger partial charge is 0.337 e. The van der Waals surface area contributed by atoms with E-state index in [0.717, 1.165) is 14.9 Å². The number of nitro benzene ring substituents is 1. The second kappa shape index (κ2) is 8.25. The Morgan fingerprint density at radius 1 is 1.19 bits per heavy atom. The highest BCUT2D eigenvalue weighted by Gasteiger charge is 2.15. The molecule has 31 heavy (non-hydrogen) atoms. The van der Waals surface area contributed by atoms with Gasteiger partial charge >= 0.3 is 5.97 Å². The average molecular weight is 454 g/mol. The first-order chi connectivity index (χ1) is 14.9. The standard InChI is InChI=1S/C21H15N3O5S2/c1-3-8-23-15-6-4-12(20(26)29-2)10-17(15)31-21(23)22-19(25)18-11-13-9-14(24(27)28)5-7-16(13)30-18/h3-7,9-11H,1,8H2,2H3. The monoisotopic (exact) mass is 453 g/mol. The Bertz CT molecular complexity index is 1440. The molecule has 0 saturated heterocycles. The molecule has 0 spiro atoms. The van der Waals surface area contributed by atoms with E-state index in [2.05, 4.69) is 11.6 Å². The Kier molecular flexibility index (Phi) is 5.49. The summed E-state index contributed by atoms with van der Waals surface area (Å²) in [6, 6.07) is 11.2. The molecule has 2 aromatic carbocycles. The van der Waals surface area contributed by atoms with Gasteiger partial charge in [-0.15, -0.1) is 17.9 Å². The lowest BCUT2D eigenvalue weighted by molar-refractivity contribution is -0.384. The Balaban J connectivity index is 1.80. The summed E-state index contributed by atoms with van der Waals surface area (Å²) < 4.78 is 8.15. The van der Waals surface area contributed by atoms with Crippen LogP contribution < -0.4 is 4.80 Å². The van der Waals surface area contributed by atoms with E-state index in [1.165, 1.54) is 41.9 Å². The number of ether oxygens (including phenoxy) is 1. The number of hydrogen-bond acceptors (Lipinski definition) is 7. The van der Waals surface area contributed by atoms with Crippen molar-refractivity contribution in [1.29, 1.82) is 0 Å². The van der Waals surface area contributed by atoms with Gasteiger partial charge < -0.3 is 9.30 Å². The van der Waals surface area contributed by atoms with Crippen LogP contribution in [0.3, 0.4) is 0 Å². The van der Waals surface area contributed by atoms with E-state index < -0.39 is 16.8 Å². The summed E-state index contributed by atoms with van der Waals surface area (Å²) in [7, 11) is 1.32. The Morgan fingerprint density at radius 2 is 2.00 bits per heavy atom. The number of nitrogens with zero attached hydrogens (tertiary/aromatic N) is 3. The van der Waals surface area contributed by atoms with E-state index in [9.17, 15) is 19.7 Å². The third-order valence-electron chi connectivity index (χ3n) is 4.53. The predicted molar refractivity (Wildman–Crippen MR) is 120 cm³/mol. The maximum absolute atomic E-state index is 12.9. The first-order valence-corrected chi connectivity index (χ1v) is 10.6. The topological polar surface area (TPSA) is 104 Å². The zero-order chi connectivity index (χ0) is 22.1. The van der Waals surface area contributed by atoms with Gasteiger partial charge in [0.05, 0.1) is 32.7 Å². The number of amides is 1. The third-order valence-corrected chi connectivity index (χ3v) is 6.68. The van der Waals surface area contributed by atoms with Crippen molar-refractivity contribution < 1.29 is 19.2 Å². The van der Waals surface area contributed by atoms with Crippen molar-refractivity contribution in [3.8, 4) is 0 Å². The van der Waals surface area contributed by atoms with Gasteiger partial charge in [0.15, 0.2) is 4.80 Å². The molecule has 156 valence electrons. The van der Waals surface area contributed by atoms with Gasteiger partial charge in [-0.2, -0.15) is 4.99 Å². The summed E-state index contributed by atoms with van der Waals surface area (Å²) in [5.41, 5.74) is 1.19. The molecule has 4 rings (SSSR count). The number of thiophene rings is 1. The number of benzene rings is 2. The van der Waals surface area contributed by atoms with E-state index in [1.54, 1.807) is 36.4 Å². The van der Waals surface area contributed by atoms with E-state index >= 15 is 0 Å². The molecule has 0 unspecified atom stereocenters. The number of carbonyl (C=O) groups is 2. The molecule has 10 heteroatoms. The van der Waals surface area contributed by atoms with Crippen molar-refractivity contribution in [2.24, 2.45) is 4.99 Å². The average Bonchev–Trinajstić information content (AvgIpc) is 3.34. The van der Waals surface area contributed by atoms with Crippen LogP contribution in [0.5, 0.6) is 0 Å². The number of aromatic nitrogens is 1. The molecule has 0 bridgehead atoms. The number of non-ortho nitro benzene ring substituents is 1. The fraction of sp³-hybridized carbons (Fsp3) is 0.0952. The van der Waals surface area contributed by atoms with Crippen LogP contribution in [0.15, 0.2) is 60.1 Å². The summed E-state index contributed by atoms with van der Waals surface area (Å²) in [6.45, 7) is 4.19. The van der Waals surface area contributed by atoms with Crippen LogP contribution in [0.2, 0.25) is 0 Å². The molecule has 1 amide bonds. The van der Waals surface area contributed by atoms with E-state index in [0.29, 0.717) is 27.2 Å². The summed E-state index contributed by atoms with van der Waals surface area (Å²) in [5.74, 6) is -0.888. The molecule has 2 heterocycles. The minimum Gasteiger partial charge on any atom is -0.465 e. The number of rotatable bonds is 5. The minimum atomic E-state index is -0.471. The summed E-state index contributed by atoms with van der Waals surface area (Å²) in [4.78, 5) is 40.3. The molecule has 0 N–H and O–H groups in total. The van der Waals surface area contributed by atoms with Gasteiger partial charge in [0.25, 0.3) is 11.6 Å². The normalized spacial score (nSPS) is 11.7. The summed E-state index contributed by atoms with van der Waals surface area (Å²) in [5, 5.41) is 11.6. The third kappa shape index (κ3) is 3.90. The van der Waals surface area contributed by atoms with Crippen molar-refractivity contribution in [2.45, 2.75) is 6.54 Å². The van der Waals surface area contributed by atoms with Gasteiger partial charge in [0.2, 0.25) is 0 Å². The predicted octanol–water partition coefficient (Wildman–Crippen LogP) is 4.54. The van der Waals surface area contributed by atoms with E-state index in [-0.39, 0.29) is 5.69 Å². The zero-order valence-corrected chi connectivity index (χ0v) is 17.9. The fourth-order valence-corrected chi connectivity index (χ4v) is 5.11. The Morgan fingerprint density at radius 3 is 2.71 bits per heavy atom. The maximum Gasteiger partial charge on any atom is 0.337 e. The van der Waals surface area contributed by atoms with Crippen LogP contribution in [0.25, 0.3) is 20.3 Å². The van der Waals surface area contributed by atoms with E-state index in [1.807, 2.05) is 4.57 Å². The lowest BCUT2D eigenvalue weighted by Crippen LogP contribution is -2.16. The van der Waals surface area contributed by atoms with Gasteiger partial charge in [-0.3, -0.25) is 14.9 Å². The van der Waals surface area contributed by atoms with Gasteiger partial charge in [0, 0.05) is 28.8 Å². The molecule has 0 aliphatic carbocycles. The lowest BCUT2D eigenvalue weighted by atomic mass is 10.2. The lowest BCUT2D eigenvalue weighted by Gasteiger charge is -2.02. The van der Waals surface area contributed by atoms with Gasteiger partial charge in [0.1, 0.15) is 0 Å². The van der Waals surface area contributed by atoms with Crippen LogP contribution in [0.4, 0.5) is 5.69 Å². The number of nitro groups is 1. The first-order valence-electron chi connectivity index (χ1n) is 9.01. The molecule has 0 fully saturated rings. The van der Waals surface area contributed by atoms with Crippen molar-refractivity contribution in [1.82, 2.24) is 4.57 Å². The highest BCUT2D eigenvalue weighted by atomic mass is 32.1. The minimum absolute atomic E-state index is 0.0315. The fourth-order valence-electron chi connectivity index (χ4n) is 3.10. The summed E-state index contributed by atoms with van der Waals surface area (Å²) in [6.07, 6.45) is 1.70. The number of carbonyl (C=O) groups excluding carboxylic acids is 2. The quantitative estimate of drug-likeness (QED) is 0.191. The van der Waals surface area contributed by atoms with E-state index in [4.69, 9.17) is 4.74 Å². The number of esters is 1. The zero-order valence-electron chi connectivity index (χ0n) is 16.2. The molecular formula is C21H15N3O5S2. The number of thiazole rings is 1. The molecule has 0 aliphatic rings. The SMILES string of the molecule is C=CCn1c(=NC(=O)c2cc3cc([N+](=O)[O-])ccc3s2)sc2cc(C(=O)OC)ccc21. The number of fused-ring (bicyclic) bond motifs is 2. The van der Waals surface area contributed by atoms with Crippen LogP contribution in [-0.2, 0) is 11.3 Å².